The van der Waals surface area contributed by atoms with Crippen molar-refractivity contribution < 1.29 is 0 Å². The fraction of sp³-hybridized carbons (Fsp3) is 0.778. The number of hydrogen-bond donors (Lipinski definition) is 1. The van der Waals surface area contributed by atoms with Gasteiger partial charge in [0.15, 0.2) is 0 Å². The highest BCUT2D eigenvalue weighted by Crippen LogP contribution is 2.19. The first-order valence-electron chi connectivity index (χ1n) is 4.14. The Morgan fingerprint density at radius 3 is 2.58 bits per heavy atom. The normalized spacial score (nSPS) is 12.7. The van der Waals surface area contributed by atoms with Crippen molar-refractivity contribution >= 4 is 23.2 Å². The van der Waals surface area contributed by atoms with Gasteiger partial charge in [-0.3, -0.25) is 0 Å². The van der Waals surface area contributed by atoms with Crippen LogP contribution in [0.2, 0.25) is 0 Å². The fourth-order valence-electron chi connectivity index (χ4n) is 0.883. The van der Waals surface area contributed by atoms with Crippen molar-refractivity contribution in [3.8, 4) is 0 Å². The van der Waals surface area contributed by atoms with E-state index in [-0.39, 0.29) is 5.41 Å². The van der Waals surface area contributed by atoms with Gasteiger partial charge in [0.2, 0.25) is 0 Å². The van der Waals surface area contributed by atoms with E-state index in [2.05, 4.69) is 19.2 Å². The first-order chi connectivity index (χ1) is 5.62. The topological polar surface area (TPSA) is 12.0 Å². The molecular weight excluding hydrogens is 193 g/mol. The Morgan fingerprint density at radius 2 is 2.08 bits per heavy atom. The van der Waals surface area contributed by atoms with E-state index in [1.165, 1.54) is 5.54 Å². The molecule has 0 saturated heterocycles. The fourth-order valence-corrected chi connectivity index (χ4v) is 1.48. The lowest BCUT2D eigenvalue weighted by atomic mass is 9.90. The van der Waals surface area contributed by atoms with Gasteiger partial charge in [0.05, 0.1) is 0 Å². The van der Waals surface area contributed by atoms with E-state index in [1.54, 1.807) is 0 Å². The Hall–Kier alpha value is 0.280. The standard InChI is InChI=1S/C9H17Cl2N/c1-9(2,4-6-11)8-12-7-3-5-10/h3,5,12H,4,6-8H2,1-2H3/b5-3+. The molecule has 0 bridgehead atoms. The molecule has 3 heteroatoms. The van der Waals surface area contributed by atoms with E-state index in [4.69, 9.17) is 23.2 Å². The maximum atomic E-state index is 5.66. The van der Waals surface area contributed by atoms with Crippen molar-refractivity contribution in [2.45, 2.75) is 20.3 Å². The quantitative estimate of drug-likeness (QED) is 0.525. The highest BCUT2D eigenvalue weighted by atomic mass is 35.5. The number of nitrogens with one attached hydrogen (secondary N) is 1. The smallest absolute Gasteiger partial charge is 0.0229 e. The molecule has 0 aromatic carbocycles. The summed E-state index contributed by atoms with van der Waals surface area (Å²) >= 11 is 11.0. The third kappa shape index (κ3) is 6.96. The van der Waals surface area contributed by atoms with Crippen LogP contribution < -0.4 is 5.32 Å². The summed E-state index contributed by atoms with van der Waals surface area (Å²) in [5.74, 6) is 0.722. The molecule has 0 atom stereocenters. The molecule has 0 rings (SSSR count). The van der Waals surface area contributed by atoms with Crippen molar-refractivity contribution in [1.82, 2.24) is 5.32 Å². The molecule has 0 heterocycles. The molecule has 1 N–H and O–H groups in total. The van der Waals surface area contributed by atoms with Crippen LogP contribution >= 0.6 is 23.2 Å². The van der Waals surface area contributed by atoms with Gasteiger partial charge in [-0.25, -0.2) is 0 Å². The Morgan fingerprint density at radius 1 is 1.42 bits per heavy atom. The number of alkyl halides is 1. The van der Waals surface area contributed by atoms with E-state index in [1.807, 2.05) is 6.08 Å². The summed E-state index contributed by atoms with van der Waals surface area (Å²) in [4.78, 5) is 0. The number of rotatable bonds is 6. The van der Waals surface area contributed by atoms with Crippen LogP contribution in [0.4, 0.5) is 0 Å². The van der Waals surface area contributed by atoms with Gasteiger partial charge < -0.3 is 5.32 Å². The van der Waals surface area contributed by atoms with Crippen LogP contribution in [0.25, 0.3) is 0 Å². The van der Waals surface area contributed by atoms with Gasteiger partial charge in [0.1, 0.15) is 0 Å². The summed E-state index contributed by atoms with van der Waals surface area (Å²) in [5, 5.41) is 3.28. The van der Waals surface area contributed by atoms with E-state index < -0.39 is 0 Å². The Kier molecular flexibility index (Phi) is 6.92. The molecule has 1 nitrogen and oxygen atoms in total. The summed E-state index contributed by atoms with van der Waals surface area (Å²) in [5.41, 5.74) is 1.81. The van der Waals surface area contributed by atoms with Crippen LogP contribution in [-0.4, -0.2) is 19.0 Å². The second kappa shape index (κ2) is 6.76. The molecule has 0 aromatic heterocycles. The molecule has 0 aromatic rings. The van der Waals surface area contributed by atoms with Crippen LogP contribution in [-0.2, 0) is 0 Å². The first-order valence-corrected chi connectivity index (χ1v) is 5.11. The molecule has 0 unspecified atom stereocenters. The number of hydrogen-bond acceptors (Lipinski definition) is 1. The van der Waals surface area contributed by atoms with Gasteiger partial charge in [-0.2, -0.15) is 0 Å². The molecule has 0 spiro atoms. The lowest BCUT2D eigenvalue weighted by Gasteiger charge is -2.23. The zero-order chi connectivity index (χ0) is 9.45. The van der Waals surface area contributed by atoms with Gasteiger partial charge in [-0.05, 0) is 11.8 Å². The van der Waals surface area contributed by atoms with Gasteiger partial charge in [-0.15, -0.1) is 11.6 Å². The Bertz CT molecular complexity index is 132. The second-order valence-corrected chi connectivity index (χ2v) is 4.23. The molecule has 12 heavy (non-hydrogen) atoms. The van der Waals surface area contributed by atoms with Crippen LogP contribution in [0, 0.1) is 5.41 Å². The van der Waals surface area contributed by atoms with E-state index in [0.29, 0.717) is 0 Å². The molecule has 0 radical (unpaired) electrons. The largest absolute Gasteiger partial charge is 0.313 e. The summed E-state index contributed by atoms with van der Waals surface area (Å²) in [7, 11) is 0. The number of halogens is 2. The maximum Gasteiger partial charge on any atom is 0.0229 e. The van der Waals surface area contributed by atoms with Crippen LogP contribution in [0.1, 0.15) is 20.3 Å². The highest BCUT2D eigenvalue weighted by molar-refractivity contribution is 6.25. The minimum atomic E-state index is 0.280. The lowest BCUT2D eigenvalue weighted by molar-refractivity contribution is 0.336. The average molecular weight is 210 g/mol. The summed E-state index contributed by atoms with van der Waals surface area (Å²) in [6.45, 7) is 6.20. The molecule has 0 fully saturated rings. The molecule has 0 amide bonds. The minimum absolute atomic E-state index is 0.280. The zero-order valence-corrected chi connectivity index (χ0v) is 9.25. The highest BCUT2D eigenvalue weighted by Gasteiger charge is 2.15. The average Bonchev–Trinajstić information content (AvgIpc) is 1.98. The van der Waals surface area contributed by atoms with E-state index in [9.17, 15) is 0 Å². The van der Waals surface area contributed by atoms with Crippen molar-refractivity contribution in [2.75, 3.05) is 19.0 Å². The van der Waals surface area contributed by atoms with Crippen LogP contribution in [0.15, 0.2) is 11.6 Å². The monoisotopic (exact) mass is 209 g/mol. The Balaban J connectivity index is 3.46. The maximum absolute atomic E-state index is 5.66. The molecule has 72 valence electrons. The van der Waals surface area contributed by atoms with Gasteiger partial charge in [0.25, 0.3) is 0 Å². The van der Waals surface area contributed by atoms with Crippen LogP contribution in [0.5, 0.6) is 0 Å². The third-order valence-electron chi connectivity index (χ3n) is 1.73. The zero-order valence-electron chi connectivity index (χ0n) is 7.74. The minimum Gasteiger partial charge on any atom is -0.313 e. The summed E-state index contributed by atoms with van der Waals surface area (Å²) < 4.78 is 0. The first kappa shape index (κ1) is 12.3. The third-order valence-corrected chi connectivity index (χ3v) is 2.09. The lowest BCUT2D eigenvalue weighted by Crippen LogP contribution is -2.29. The molecular formula is C9H17Cl2N. The van der Waals surface area contributed by atoms with Crippen molar-refractivity contribution in [2.24, 2.45) is 5.41 Å². The SMILES string of the molecule is CC(C)(CCCl)CNC/C=C/Cl. The summed E-state index contributed by atoms with van der Waals surface area (Å²) in [6, 6.07) is 0. The molecule has 0 aliphatic heterocycles. The predicted octanol–water partition coefficient (Wildman–Crippen LogP) is 2.98. The molecule has 0 saturated carbocycles. The van der Waals surface area contributed by atoms with Gasteiger partial charge in [-0.1, -0.05) is 31.5 Å². The van der Waals surface area contributed by atoms with Crippen molar-refractivity contribution in [3.05, 3.63) is 11.6 Å². The van der Waals surface area contributed by atoms with Gasteiger partial charge in [0, 0.05) is 24.5 Å². The van der Waals surface area contributed by atoms with E-state index >= 15 is 0 Å². The molecule has 0 aliphatic carbocycles. The van der Waals surface area contributed by atoms with Crippen molar-refractivity contribution in [1.29, 1.82) is 0 Å². The van der Waals surface area contributed by atoms with Crippen LogP contribution in [0.3, 0.4) is 0 Å². The molecule has 0 aliphatic rings. The predicted molar refractivity (Wildman–Crippen MR) is 57.0 cm³/mol. The Labute approximate surface area is 85.1 Å². The van der Waals surface area contributed by atoms with Crippen molar-refractivity contribution in [3.63, 3.8) is 0 Å². The second-order valence-electron chi connectivity index (χ2n) is 3.60. The van der Waals surface area contributed by atoms with E-state index in [0.717, 1.165) is 25.4 Å². The summed E-state index contributed by atoms with van der Waals surface area (Å²) in [6.07, 6.45) is 2.92. The van der Waals surface area contributed by atoms with Gasteiger partial charge >= 0.3 is 0 Å².